The first-order valence-electron chi connectivity index (χ1n) is 6.75. The second-order valence-corrected chi connectivity index (χ2v) is 5.67. The number of hydrogen-bond donors (Lipinski definition) is 1. The minimum atomic E-state index is -1.05. The van der Waals surface area contributed by atoms with Gasteiger partial charge in [0, 0.05) is 11.4 Å². The van der Waals surface area contributed by atoms with Crippen molar-refractivity contribution in [1.82, 2.24) is 5.32 Å². The summed E-state index contributed by atoms with van der Waals surface area (Å²) in [4.78, 5) is 24.1. The fourth-order valence-corrected chi connectivity index (χ4v) is 2.42. The van der Waals surface area contributed by atoms with Crippen LogP contribution >= 0.6 is 11.6 Å². The summed E-state index contributed by atoms with van der Waals surface area (Å²) in [6.45, 7) is 3.44. The van der Waals surface area contributed by atoms with Crippen molar-refractivity contribution in [3.8, 4) is 5.75 Å². The summed E-state index contributed by atoms with van der Waals surface area (Å²) in [6, 6.07) is 5.24. The number of hydrogen-bond acceptors (Lipinski definition) is 4. The van der Waals surface area contributed by atoms with Gasteiger partial charge in [-0.3, -0.25) is 4.79 Å². The quantitative estimate of drug-likeness (QED) is 0.865. The molecule has 0 aromatic heterocycles. The van der Waals surface area contributed by atoms with Gasteiger partial charge in [0.2, 0.25) is 0 Å². The summed E-state index contributed by atoms with van der Waals surface area (Å²) in [6.07, 6.45) is 0.202. The van der Waals surface area contributed by atoms with E-state index in [1.807, 2.05) is 0 Å². The van der Waals surface area contributed by atoms with E-state index in [0.717, 1.165) is 5.56 Å². The maximum atomic E-state index is 12.3. The Morgan fingerprint density at radius 3 is 2.86 bits per heavy atom. The van der Waals surface area contributed by atoms with Crippen LogP contribution in [0.2, 0.25) is 5.02 Å². The molecule has 1 aromatic carbocycles. The lowest BCUT2D eigenvalue weighted by Crippen LogP contribution is -2.55. The molecule has 0 unspecified atom stereocenters. The van der Waals surface area contributed by atoms with E-state index >= 15 is 0 Å². The number of amides is 1. The van der Waals surface area contributed by atoms with Crippen LogP contribution in [-0.4, -0.2) is 30.6 Å². The number of ether oxygens (including phenoxy) is 2. The van der Waals surface area contributed by atoms with Crippen LogP contribution in [0.5, 0.6) is 5.75 Å². The number of rotatable bonds is 4. The zero-order chi connectivity index (χ0) is 15.6. The summed E-state index contributed by atoms with van der Waals surface area (Å²) in [5.74, 6) is -0.162. The van der Waals surface area contributed by atoms with Crippen molar-refractivity contribution in [1.29, 1.82) is 0 Å². The maximum Gasteiger partial charge on any atom is 0.331 e. The highest BCUT2D eigenvalue weighted by atomic mass is 35.5. The van der Waals surface area contributed by atoms with Crippen molar-refractivity contribution in [3.05, 3.63) is 28.8 Å². The predicted octanol–water partition coefficient (Wildman–Crippen LogP) is 2.10. The molecule has 1 N–H and O–H groups in total. The van der Waals surface area contributed by atoms with Crippen LogP contribution in [0.4, 0.5) is 0 Å². The van der Waals surface area contributed by atoms with Crippen LogP contribution < -0.4 is 10.1 Å². The monoisotopic (exact) mass is 311 g/mol. The third kappa shape index (κ3) is 3.13. The number of methoxy groups -OCH3 is 1. The molecule has 0 spiro atoms. The molecular formula is C15H18ClNO4. The van der Waals surface area contributed by atoms with Gasteiger partial charge in [0.25, 0.3) is 5.91 Å². The van der Waals surface area contributed by atoms with Gasteiger partial charge in [-0.15, -0.1) is 0 Å². The highest BCUT2D eigenvalue weighted by Crippen LogP contribution is 2.31. The largest absolute Gasteiger partial charge is 0.480 e. The normalized spacial score (nSPS) is 19.1. The van der Waals surface area contributed by atoms with E-state index in [2.05, 4.69) is 5.32 Å². The van der Waals surface area contributed by atoms with Crippen molar-refractivity contribution in [2.45, 2.75) is 38.3 Å². The molecule has 6 heteroatoms. The summed E-state index contributed by atoms with van der Waals surface area (Å²) in [5.41, 5.74) is -0.166. The molecule has 1 aliphatic heterocycles. The lowest BCUT2D eigenvalue weighted by atomic mass is 9.98. The molecule has 0 saturated carbocycles. The lowest BCUT2D eigenvalue weighted by Gasteiger charge is -2.27. The lowest BCUT2D eigenvalue weighted by molar-refractivity contribution is -0.151. The van der Waals surface area contributed by atoms with Gasteiger partial charge in [-0.1, -0.05) is 18.5 Å². The van der Waals surface area contributed by atoms with E-state index in [9.17, 15) is 9.59 Å². The van der Waals surface area contributed by atoms with Crippen molar-refractivity contribution >= 4 is 23.5 Å². The minimum Gasteiger partial charge on any atom is -0.480 e. The molecule has 0 aliphatic carbocycles. The first kappa shape index (κ1) is 15.6. The fraction of sp³-hybridized carbons (Fsp3) is 0.467. The first-order chi connectivity index (χ1) is 9.89. The number of carbonyl (C=O) groups is 2. The summed E-state index contributed by atoms with van der Waals surface area (Å²) < 4.78 is 10.3. The second kappa shape index (κ2) is 5.93. The van der Waals surface area contributed by atoms with Crippen LogP contribution in [0.25, 0.3) is 0 Å². The standard InChI is InChI=1S/C15H18ClNO4/c1-4-15(2,14(19)20-3)17-13(18)12-8-9-7-10(16)5-6-11(9)21-12/h5-7,12H,4,8H2,1-3H3,(H,17,18)/t12-,15-/m0/s1. The van der Waals surface area contributed by atoms with Crippen molar-refractivity contribution < 1.29 is 19.1 Å². The van der Waals surface area contributed by atoms with Crippen LogP contribution in [0.1, 0.15) is 25.8 Å². The number of halogens is 1. The van der Waals surface area contributed by atoms with Crippen LogP contribution in [0, 0.1) is 0 Å². The van der Waals surface area contributed by atoms with Crippen molar-refractivity contribution in [3.63, 3.8) is 0 Å². The van der Waals surface area contributed by atoms with Gasteiger partial charge in [0.15, 0.2) is 6.10 Å². The molecule has 0 saturated heterocycles. The topological polar surface area (TPSA) is 64.6 Å². The van der Waals surface area contributed by atoms with E-state index in [-0.39, 0.29) is 5.91 Å². The van der Waals surface area contributed by atoms with Gasteiger partial charge in [-0.2, -0.15) is 0 Å². The SMILES string of the molecule is CC[C@](C)(NC(=O)[C@@H]1Cc2cc(Cl)ccc2O1)C(=O)OC. The molecule has 2 atom stereocenters. The third-order valence-electron chi connectivity index (χ3n) is 3.73. The van der Waals surface area contributed by atoms with Gasteiger partial charge < -0.3 is 14.8 Å². The average Bonchev–Trinajstić information content (AvgIpc) is 2.89. The highest BCUT2D eigenvalue weighted by molar-refractivity contribution is 6.30. The van der Waals surface area contributed by atoms with Crippen LogP contribution in [-0.2, 0) is 20.7 Å². The van der Waals surface area contributed by atoms with Gasteiger partial charge in [-0.25, -0.2) is 4.79 Å². The van der Waals surface area contributed by atoms with E-state index in [1.165, 1.54) is 7.11 Å². The Morgan fingerprint density at radius 2 is 2.24 bits per heavy atom. The first-order valence-corrected chi connectivity index (χ1v) is 7.13. The molecule has 2 rings (SSSR count). The molecule has 1 heterocycles. The summed E-state index contributed by atoms with van der Waals surface area (Å²) in [5, 5.41) is 3.32. The van der Waals surface area contributed by atoms with Gasteiger partial charge in [-0.05, 0) is 37.1 Å². The van der Waals surface area contributed by atoms with Crippen LogP contribution in [0.15, 0.2) is 18.2 Å². The molecule has 5 nitrogen and oxygen atoms in total. The zero-order valence-corrected chi connectivity index (χ0v) is 13.0. The summed E-state index contributed by atoms with van der Waals surface area (Å²) in [7, 11) is 1.30. The number of nitrogens with one attached hydrogen (secondary N) is 1. The number of esters is 1. The summed E-state index contributed by atoms with van der Waals surface area (Å²) >= 11 is 5.92. The van der Waals surface area contributed by atoms with Crippen molar-refractivity contribution in [2.24, 2.45) is 0 Å². The Bertz CT molecular complexity index is 575. The molecular weight excluding hydrogens is 294 g/mol. The molecule has 1 aromatic rings. The van der Waals surface area contributed by atoms with Crippen LogP contribution in [0.3, 0.4) is 0 Å². The minimum absolute atomic E-state index is 0.336. The van der Waals surface area contributed by atoms with Crippen molar-refractivity contribution in [2.75, 3.05) is 7.11 Å². The van der Waals surface area contributed by atoms with E-state index in [4.69, 9.17) is 21.1 Å². The van der Waals surface area contributed by atoms with Gasteiger partial charge in [0.1, 0.15) is 11.3 Å². The number of benzene rings is 1. The van der Waals surface area contributed by atoms with E-state index in [1.54, 1.807) is 32.0 Å². The number of carbonyl (C=O) groups excluding carboxylic acids is 2. The number of fused-ring (bicyclic) bond motifs is 1. The molecule has 0 bridgehead atoms. The Kier molecular flexibility index (Phi) is 4.42. The average molecular weight is 312 g/mol. The zero-order valence-electron chi connectivity index (χ0n) is 12.2. The Hall–Kier alpha value is -1.75. The fourth-order valence-electron chi connectivity index (χ4n) is 2.22. The molecule has 0 radical (unpaired) electrons. The highest BCUT2D eigenvalue weighted by Gasteiger charge is 2.38. The molecule has 21 heavy (non-hydrogen) atoms. The maximum absolute atomic E-state index is 12.3. The molecule has 1 amide bonds. The Morgan fingerprint density at radius 1 is 1.52 bits per heavy atom. The van der Waals surface area contributed by atoms with Gasteiger partial charge in [0.05, 0.1) is 7.11 Å². The molecule has 114 valence electrons. The Balaban J connectivity index is 2.08. The Labute approximate surface area is 128 Å². The predicted molar refractivity (Wildman–Crippen MR) is 78.4 cm³/mol. The van der Waals surface area contributed by atoms with E-state index < -0.39 is 17.6 Å². The smallest absolute Gasteiger partial charge is 0.331 e. The molecule has 1 aliphatic rings. The molecule has 0 fully saturated rings. The van der Waals surface area contributed by atoms with Gasteiger partial charge >= 0.3 is 5.97 Å². The second-order valence-electron chi connectivity index (χ2n) is 5.23. The van der Waals surface area contributed by atoms with E-state index in [0.29, 0.717) is 23.6 Å². The third-order valence-corrected chi connectivity index (χ3v) is 3.97.